The van der Waals surface area contributed by atoms with E-state index in [1.54, 1.807) is 0 Å². The van der Waals surface area contributed by atoms with E-state index in [0.29, 0.717) is 19.4 Å². The number of carbonyl (C=O) groups is 1. The third-order valence-corrected chi connectivity index (χ3v) is 5.75. The predicted octanol–water partition coefficient (Wildman–Crippen LogP) is 2.26. The molecule has 154 valence electrons. The molecule has 0 atom stereocenters. The molecule has 29 heavy (non-hydrogen) atoms. The summed E-state index contributed by atoms with van der Waals surface area (Å²) in [5.41, 5.74) is 4.92. The van der Waals surface area contributed by atoms with Crippen LogP contribution in [0.1, 0.15) is 60.0 Å². The van der Waals surface area contributed by atoms with E-state index in [-0.39, 0.29) is 5.91 Å². The van der Waals surface area contributed by atoms with Crippen LogP contribution in [0.3, 0.4) is 0 Å². The van der Waals surface area contributed by atoms with Gasteiger partial charge in [0.2, 0.25) is 5.91 Å². The number of hydrogen-bond donors (Lipinski definition) is 1. The van der Waals surface area contributed by atoms with E-state index >= 15 is 0 Å². The maximum absolute atomic E-state index is 12.4. The molecule has 0 spiro atoms. The van der Waals surface area contributed by atoms with Crippen molar-refractivity contribution >= 4 is 11.6 Å². The van der Waals surface area contributed by atoms with Crippen molar-refractivity contribution in [1.29, 1.82) is 0 Å². The molecule has 0 aliphatic carbocycles. The second-order valence-corrected chi connectivity index (χ2v) is 7.91. The van der Waals surface area contributed by atoms with Crippen LogP contribution in [-0.2, 0) is 30.6 Å². The molecule has 0 saturated carbocycles. The maximum atomic E-state index is 12.4. The van der Waals surface area contributed by atoms with Crippen LogP contribution in [-0.4, -0.2) is 41.8 Å². The molecule has 4 heterocycles. The second-order valence-electron chi connectivity index (χ2n) is 7.91. The predicted molar refractivity (Wildman–Crippen MR) is 110 cm³/mol. The van der Waals surface area contributed by atoms with Crippen molar-refractivity contribution in [1.82, 2.24) is 34.7 Å². The first kappa shape index (κ1) is 19.5. The SMILES string of the molecule is Cc1cc2nc(C)c(CCC(=O)NCCc3nnc4n3CCCCC4)c(C)n2n1. The van der Waals surface area contributed by atoms with E-state index in [1.807, 2.05) is 31.4 Å². The summed E-state index contributed by atoms with van der Waals surface area (Å²) in [4.78, 5) is 17.0. The topological polar surface area (TPSA) is 90.0 Å². The number of rotatable bonds is 6. The Bertz CT molecular complexity index is 1030. The highest BCUT2D eigenvalue weighted by molar-refractivity contribution is 5.76. The van der Waals surface area contributed by atoms with Crippen LogP contribution in [0.25, 0.3) is 5.65 Å². The number of hydrogen-bond acceptors (Lipinski definition) is 5. The lowest BCUT2D eigenvalue weighted by molar-refractivity contribution is -0.121. The highest BCUT2D eigenvalue weighted by Gasteiger charge is 2.15. The van der Waals surface area contributed by atoms with E-state index in [4.69, 9.17) is 0 Å². The van der Waals surface area contributed by atoms with Crippen LogP contribution in [0.15, 0.2) is 6.07 Å². The first-order valence-corrected chi connectivity index (χ1v) is 10.5. The molecule has 1 aliphatic heterocycles. The molecular weight excluding hydrogens is 366 g/mol. The number of nitrogens with zero attached hydrogens (tertiary/aromatic N) is 6. The second kappa shape index (κ2) is 8.31. The normalized spacial score (nSPS) is 14.0. The van der Waals surface area contributed by atoms with Gasteiger partial charge in [-0.15, -0.1) is 10.2 Å². The highest BCUT2D eigenvalue weighted by atomic mass is 16.1. The van der Waals surface area contributed by atoms with Crippen LogP contribution in [0.5, 0.6) is 0 Å². The van der Waals surface area contributed by atoms with Gasteiger partial charge in [-0.2, -0.15) is 5.10 Å². The van der Waals surface area contributed by atoms with Crippen LogP contribution in [0.4, 0.5) is 0 Å². The summed E-state index contributed by atoms with van der Waals surface area (Å²) in [6.45, 7) is 7.58. The summed E-state index contributed by atoms with van der Waals surface area (Å²) in [5.74, 6) is 2.13. The van der Waals surface area contributed by atoms with Crippen molar-refractivity contribution < 1.29 is 4.79 Å². The van der Waals surface area contributed by atoms with Crippen LogP contribution in [0.2, 0.25) is 0 Å². The molecule has 0 unspecified atom stereocenters. The molecule has 0 fully saturated rings. The van der Waals surface area contributed by atoms with Crippen LogP contribution in [0, 0.1) is 20.8 Å². The van der Waals surface area contributed by atoms with Crippen molar-refractivity contribution in [3.8, 4) is 0 Å². The van der Waals surface area contributed by atoms with E-state index < -0.39 is 0 Å². The molecule has 4 rings (SSSR count). The van der Waals surface area contributed by atoms with Gasteiger partial charge in [0.1, 0.15) is 11.6 Å². The average Bonchev–Trinajstić information content (AvgIpc) is 3.15. The number of aryl methyl sites for hydroxylation is 4. The molecule has 0 radical (unpaired) electrons. The number of nitrogens with one attached hydrogen (secondary N) is 1. The quantitative estimate of drug-likeness (QED) is 0.691. The van der Waals surface area contributed by atoms with Gasteiger partial charge in [-0.05, 0) is 45.6 Å². The Morgan fingerprint density at radius 2 is 2.00 bits per heavy atom. The number of fused-ring (bicyclic) bond motifs is 2. The van der Waals surface area contributed by atoms with Gasteiger partial charge in [-0.25, -0.2) is 9.50 Å². The Hall–Kier alpha value is -2.77. The lowest BCUT2D eigenvalue weighted by atomic mass is 10.1. The number of carbonyl (C=O) groups excluding carboxylic acids is 1. The molecule has 8 nitrogen and oxygen atoms in total. The van der Waals surface area contributed by atoms with Gasteiger partial charge in [0.15, 0.2) is 5.65 Å². The molecule has 8 heteroatoms. The Labute approximate surface area is 170 Å². The molecular formula is C21H29N7O. The lowest BCUT2D eigenvalue weighted by Gasteiger charge is -2.11. The van der Waals surface area contributed by atoms with Gasteiger partial charge in [-0.1, -0.05) is 6.42 Å². The van der Waals surface area contributed by atoms with Crippen molar-refractivity contribution in [2.45, 2.75) is 72.3 Å². The molecule has 1 aliphatic rings. The van der Waals surface area contributed by atoms with Crippen molar-refractivity contribution in [3.05, 3.63) is 40.4 Å². The minimum Gasteiger partial charge on any atom is -0.356 e. The summed E-state index contributed by atoms with van der Waals surface area (Å²) in [6, 6.07) is 1.97. The Morgan fingerprint density at radius 1 is 1.14 bits per heavy atom. The Kier molecular flexibility index (Phi) is 5.60. The molecule has 1 amide bonds. The molecule has 0 bridgehead atoms. The van der Waals surface area contributed by atoms with E-state index in [2.05, 4.69) is 30.2 Å². The molecule has 3 aromatic heterocycles. The zero-order valence-corrected chi connectivity index (χ0v) is 17.5. The van der Waals surface area contributed by atoms with Crippen molar-refractivity contribution in [2.75, 3.05) is 6.54 Å². The van der Waals surface area contributed by atoms with E-state index in [1.165, 1.54) is 19.3 Å². The third-order valence-electron chi connectivity index (χ3n) is 5.75. The Morgan fingerprint density at radius 3 is 2.86 bits per heavy atom. The summed E-state index contributed by atoms with van der Waals surface area (Å²) < 4.78 is 4.10. The smallest absolute Gasteiger partial charge is 0.220 e. The highest BCUT2D eigenvalue weighted by Crippen LogP contribution is 2.17. The maximum Gasteiger partial charge on any atom is 0.220 e. The standard InChI is InChI=1S/C21H29N7O/c1-14-13-20-23-15(2)17(16(3)28(20)26-14)8-9-21(29)22-11-10-19-25-24-18-7-5-4-6-12-27(18)19/h13H,4-12H2,1-3H3,(H,22,29). The fourth-order valence-corrected chi connectivity index (χ4v) is 4.17. The van der Waals surface area contributed by atoms with Gasteiger partial charge in [0.05, 0.1) is 5.69 Å². The van der Waals surface area contributed by atoms with Crippen LogP contribution < -0.4 is 5.32 Å². The summed E-state index contributed by atoms with van der Waals surface area (Å²) in [6.07, 6.45) is 6.43. The minimum absolute atomic E-state index is 0.0520. The summed E-state index contributed by atoms with van der Waals surface area (Å²) in [7, 11) is 0. The zero-order valence-electron chi connectivity index (χ0n) is 17.5. The molecule has 3 aromatic rings. The largest absolute Gasteiger partial charge is 0.356 e. The van der Waals surface area contributed by atoms with E-state index in [9.17, 15) is 4.79 Å². The van der Waals surface area contributed by atoms with Crippen LogP contribution >= 0.6 is 0 Å². The van der Waals surface area contributed by atoms with Gasteiger partial charge < -0.3 is 9.88 Å². The summed E-state index contributed by atoms with van der Waals surface area (Å²) in [5, 5.41) is 16.2. The van der Waals surface area contributed by atoms with E-state index in [0.717, 1.165) is 59.3 Å². The first-order valence-electron chi connectivity index (χ1n) is 10.5. The summed E-state index contributed by atoms with van der Waals surface area (Å²) >= 11 is 0. The average molecular weight is 396 g/mol. The van der Waals surface area contributed by atoms with Crippen molar-refractivity contribution in [3.63, 3.8) is 0 Å². The molecule has 0 aromatic carbocycles. The fraction of sp³-hybridized carbons (Fsp3) is 0.571. The monoisotopic (exact) mass is 395 g/mol. The molecule has 0 saturated heterocycles. The third kappa shape index (κ3) is 4.16. The number of amides is 1. The lowest BCUT2D eigenvalue weighted by Crippen LogP contribution is -2.27. The minimum atomic E-state index is 0.0520. The Balaban J connectivity index is 1.32. The van der Waals surface area contributed by atoms with Gasteiger partial charge in [-0.3, -0.25) is 4.79 Å². The first-order chi connectivity index (χ1) is 14.0. The molecule has 1 N–H and O–H groups in total. The van der Waals surface area contributed by atoms with Crippen molar-refractivity contribution in [2.24, 2.45) is 0 Å². The fourth-order valence-electron chi connectivity index (χ4n) is 4.17. The van der Waals surface area contributed by atoms with Gasteiger partial charge in [0.25, 0.3) is 0 Å². The zero-order chi connectivity index (χ0) is 20.4. The van der Waals surface area contributed by atoms with Gasteiger partial charge in [0, 0.05) is 49.8 Å². The van der Waals surface area contributed by atoms with Gasteiger partial charge >= 0.3 is 0 Å². The number of aromatic nitrogens is 6.